The fraction of sp³-hybridized carbons (Fsp3) is 0.400. The van der Waals surface area contributed by atoms with Gasteiger partial charge in [0, 0.05) is 19.7 Å². The Morgan fingerprint density at radius 3 is 2.70 bits per heavy atom. The first-order valence-electron chi connectivity index (χ1n) is 13.6. The number of hydrogen-bond donors (Lipinski definition) is 1. The number of halogens is 1. The molecule has 2 heterocycles. The largest absolute Gasteiger partial charge is 0.448 e. The molecule has 214 valence electrons. The standard InChI is InChI=1S/C30H38FN5O4/c1-6-9-18-39-30(38)36-28(23(8-3)29(37)35(36)5)33-26(12-7-2)27(20-21(4)25-16-19-40-34-25)32-17-15-22-13-10-11-14-24(22)31/h8,10-14,16,19-20,28,33H,6-7,9,15,17-18H2,1-5H3/b21-20+,23-8+,26-12+,32-27?. The van der Waals surface area contributed by atoms with Gasteiger partial charge in [-0.2, -0.15) is 5.01 Å². The number of carbonyl (C=O) groups is 2. The number of likely N-dealkylation sites (N-methyl/N-ethyl adjacent to an activating group) is 1. The lowest BCUT2D eigenvalue weighted by Gasteiger charge is -2.30. The highest BCUT2D eigenvalue weighted by Crippen LogP contribution is 2.25. The third kappa shape index (κ3) is 7.46. The van der Waals surface area contributed by atoms with Crippen LogP contribution in [-0.2, 0) is 16.0 Å². The van der Waals surface area contributed by atoms with Gasteiger partial charge in [-0.3, -0.25) is 9.79 Å². The summed E-state index contributed by atoms with van der Waals surface area (Å²) in [7, 11) is 1.54. The molecule has 1 unspecified atom stereocenters. The maximum Gasteiger partial charge on any atom is 0.431 e. The minimum atomic E-state index is -0.813. The van der Waals surface area contributed by atoms with Crippen LogP contribution in [0.3, 0.4) is 0 Å². The second kappa shape index (κ2) is 14.8. The predicted octanol–water partition coefficient (Wildman–Crippen LogP) is 5.68. The van der Waals surface area contributed by atoms with Crippen molar-refractivity contribution >= 4 is 23.3 Å². The molecule has 1 aliphatic rings. The maximum absolute atomic E-state index is 14.3. The monoisotopic (exact) mass is 551 g/mol. The van der Waals surface area contributed by atoms with E-state index in [1.807, 2.05) is 32.9 Å². The van der Waals surface area contributed by atoms with E-state index in [1.54, 1.807) is 37.3 Å². The number of amides is 2. The molecule has 10 heteroatoms. The summed E-state index contributed by atoms with van der Waals surface area (Å²) < 4.78 is 24.7. The van der Waals surface area contributed by atoms with Gasteiger partial charge < -0.3 is 14.6 Å². The highest BCUT2D eigenvalue weighted by Gasteiger charge is 2.44. The van der Waals surface area contributed by atoms with Gasteiger partial charge in [-0.15, -0.1) is 0 Å². The zero-order chi connectivity index (χ0) is 29.1. The van der Waals surface area contributed by atoms with Gasteiger partial charge in [0.15, 0.2) is 6.17 Å². The molecule has 1 atom stereocenters. The first-order valence-corrected chi connectivity index (χ1v) is 13.6. The molecule has 0 bridgehead atoms. The summed E-state index contributed by atoms with van der Waals surface area (Å²) in [5, 5.41) is 9.93. The van der Waals surface area contributed by atoms with Gasteiger partial charge >= 0.3 is 6.09 Å². The van der Waals surface area contributed by atoms with Crippen LogP contribution >= 0.6 is 0 Å². The Kier molecular flexibility index (Phi) is 11.2. The number of rotatable bonds is 12. The molecule has 3 rings (SSSR count). The fourth-order valence-corrected chi connectivity index (χ4v) is 4.22. The molecule has 2 amide bonds. The average molecular weight is 552 g/mol. The average Bonchev–Trinajstić information content (AvgIpc) is 3.56. The Morgan fingerprint density at radius 1 is 1.27 bits per heavy atom. The number of unbranched alkanes of at least 4 members (excludes halogenated alkanes) is 1. The van der Waals surface area contributed by atoms with Crippen molar-refractivity contribution < 1.29 is 23.2 Å². The van der Waals surface area contributed by atoms with Crippen LogP contribution in [0.1, 0.15) is 58.2 Å². The Morgan fingerprint density at radius 2 is 2.05 bits per heavy atom. The molecule has 1 aromatic carbocycles. The Bertz CT molecular complexity index is 1280. The van der Waals surface area contributed by atoms with Crippen molar-refractivity contribution in [3.63, 3.8) is 0 Å². The highest BCUT2D eigenvalue weighted by atomic mass is 19.1. The SMILES string of the molecule is C/C=C1/C(=O)N(C)N(C(=O)OCCCC)C1N/C(=C/CC)C(/C=C(\C)c1ccon1)=NCCc1ccccc1F. The minimum absolute atomic E-state index is 0.256. The summed E-state index contributed by atoms with van der Waals surface area (Å²) in [6.45, 7) is 8.19. The highest BCUT2D eigenvalue weighted by molar-refractivity contribution is 6.11. The van der Waals surface area contributed by atoms with E-state index in [0.717, 1.165) is 18.4 Å². The van der Waals surface area contributed by atoms with Gasteiger partial charge in [0.2, 0.25) is 0 Å². The van der Waals surface area contributed by atoms with Gasteiger partial charge in [-0.05, 0) is 56.4 Å². The van der Waals surface area contributed by atoms with Crippen LogP contribution < -0.4 is 5.32 Å². The van der Waals surface area contributed by atoms with Crippen molar-refractivity contribution in [2.75, 3.05) is 20.2 Å². The first-order chi connectivity index (χ1) is 19.3. The zero-order valence-electron chi connectivity index (χ0n) is 23.8. The fourth-order valence-electron chi connectivity index (χ4n) is 4.22. The normalized spacial score (nSPS) is 17.6. The molecule has 1 aromatic heterocycles. The molecule has 0 aliphatic carbocycles. The summed E-state index contributed by atoms with van der Waals surface area (Å²) in [5.41, 5.74) is 3.58. The van der Waals surface area contributed by atoms with E-state index in [1.165, 1.54) is 29.4 Å². The topological polar surface area (TPSA) is 100 Å². The summed E-state index contributed by atoms with van der Waals surface area (Å²) >= 11 is 0. The third-order valence-corrected chi connectivity index (χ3v) is 6.42. The number of carbonyl (C=O) groups excluding carboxylic acids is 2. The lowest BCUT2D eigenvalue weighted by molar-refractivity contribution is -0.132. The van der Waals surface area contributed by atoms with Gasteiger partial charge in [-0.25, -0.2) is 14.2 Å². The van der Waals surface area contributed by atoms with Crippen molar-refractivity contribution in [2.24, 2.45) is 4.99 Å². The van der Waals surface area contributed by atoms with Crippen LogP contribution in [0.5, 0.6) is 0 Å². The number of nitrogens with zero attached hydrogens (tertiary/aromatic N) is 4. The number of aromatic nitrogens is 1. The minimum Gasteiger partial charge on any atom is -0.448 e. The number of hydrogen-bond acceptors (Lipinski definition) is 7. The van der Waals surface area contributed by atoms with Crippen LogP contribution in [0.4, 0.5) is 9.18 Å². The van der Waals surface area contributed by atoms with Gasteiger partial charge in [0.1, 0.15) is 17.8 Å². The smallest absolute Gasteiger partial charge is 0.431 e. The number of nitrogens with one attached hydrogen (secondary N) is 1. The summed E-state index contributed by atoms with van der Waals surface area (Å²) in [4.78, 5) is 30.9. The van der Waals surface area contributed by atoms with E-state index in [4.69, 9.17) is 14.3 Å². The predicted molar refractivity (Wildman–Crippen MR) is 152 cm³/mol. The van der Waals surface area contributed by atoms with E-state index in [9.17, 15) is 14.0 Å². The molecule has 1 saturated heterocycles. The number of ether oxygens (including phenoxy) is 1. The molecular formula is C30H38FN5O4. The van der Waals surface area contributed by atoms with Crippen LogP contribution in [0.2, 0.25) is 0 Å². The van der Waals surface area contributed by atoms with E-state index in [2.05, 4.69) is 10.5 Å². The second-order valence-electron chi connectivity index (χ2n) is 9.28. The molecule has 9 nitrogen and oxygen atoms in total. The van der Waals surface area contributed by atoms with E-state index >= 15 is 0 Å². The molecule has 2 aromatic rings. The lowest BCUT2D eigenvalue weighted by Crippen LogP contribution is -2.50. The summed E-state index contributed by atoms with van der Waals surface area (Å²) in [6, 6.07) is 8.36. The zero-order valence-corrected chi connectivity index (χ0v) is 23.8. The number of aliphatic imine (C=N–C) groups is 1. The Balaban J connectivity index is 1.98. The number of allylic oxidation sites excluding steroid dienone is 4. The number of hydrazine groups is 1. The van der Waals surface area contributed by atoms with Crippen LogP contribution in [0.25, 0.3) is 5.57 Å². The lowest BCUT2D eigenvalue weighted by atomic mass is 10.1. The van der Waals surface area contributed by atoms with Crippen molar-refractivity contribution in [2.45, 2.75) is 59.5 Å². The quantitative estimate of drug-likeness (QED) is 0.207. The van der Waals surface area contributed by atoms with Crippen molar-refractivity contribution in [1.29, 1.82) is 0 Å². The van der Waals surface area contributed by atoms with E-state index in [-0.39, 0.29) is 18.3 Å². The molecular weight excluding hydrogens is 513 g/mol. The molecule has 40 heavy (non-hydrogen) atoms. The molecule has 0 radical (unpaired) electrons. The second-order valence-corrected chi connectivity index (χ2v) is 9.28. The van der Waals surface area contributed by atoms with Crippen LogP contribution in [0.15, 0.2) is 75.6 Å². The molecule has 0 saturated carbocycles. The third-order valence-electron chi connectivity index (χ3n) is 6.42. The molecule has 1 N–H and O–H groups in total. The molecule has 1 aliphatic heterocycles. The van der Waals surface area contributed by atoms with Crippen LogP contribution in [-0.4, -0.2) is 59.3 Å². The Labute approximate surface area is 235 Å². The van der Waals surface area contributed by atoms with Crippen molar-refractivity contribution in [3.8, 4) is 0 Å². The number of benzene rings is 1. The molecule has 0 spiro atoms. The molecule has 1 fully saturated rings. The van der Waals surface area contributed by atoms with Crippen molar-refractivity contribution in [3.05, 3.63) is 83.2 Å². The Hall–Kier alpha value is -4.21. The van der Waals surface area contributed by atoms with Crippen molar-refractivity contribution in [1.82, 2.24) is 20.5 Å². The summed E-state index contributed by atoms with van der Waals surface area (Å²) in [5.74, 6) is -0.589. The first kappa shape index (κ1) is 30.3. The van der Waals surface area contributed by atoms with Gasteiger partial charge in [0.05, 0.1) is 23.6 Å². The van der Waals surface area contributed by atoms with Crippen LogP contribution in [0, 0.1) is 5.82 Å². The van der Waals surface area contributed by atoms with Gasteiger partial charge in [-0.1, -0.05) is 55.8 Å². The maximum atomic E-state index is 14.3. The van der Waals surface area contributed by atoms with E-state index in [0.29, 0.717) is 47.6 Å². The summed E-state index contributed by atoms with van der Waals surface area (Å²) in [6.07, 6.45) is 8.16. The van der Waals surface area contributed by atoms with E-state index < -0.39 is 12.3 Å². The van der Waals surface area contributed by atoms with Gasteiger partial charge in [0.25, 0.3) is 5.91 Å².